The van der Waals surface area contributed by atoms with Gasteiger partial charge in [-0.25, -0.2) is 8.42 Å². The first-order valence-electron chi connectivity index (χ1n) is 8.52. The Kier molecular flexibility index (Phi) is 7.19. The Bertz CT molecular complexity index is 1100. The third-order valence-corrected chi connectivity index (χ3v) is 6.66. The van der Waals surface area contributed by atoms with Gasteiger partial charge in [-0.3, -0.25) is 0 Å². The Balaban J connectivity index is 1.87. The molecule has 0 heterocycles. The maximum absolute atomic E-state index is 12.8. The van der Waals surface area contributed by atoms with Gasteiger partial charge in [0.1, 0.15) is 18.1 Å². The number of sulfone groups is 1. The van der Waals surface area contributed by atoms with Crippen molar-refractivity contribution in [3.8, 4) is 0 Å². The molecule has 0 spiro atoms. The molecule has 4 nitrogen and oxygen atoms in total. The van der Waals surface area contributed by atoms with E-state index in [9.17, 15) is 8.42 Å². The fourth-order valence-electron chi connectivity index (χ4n) is 2.54. The van der Waals surface area contributed by atoms with Gasteiger partial charge < -0.3 is 4.84 Å². The zero-order valence-electron chi connectivity index (χ0n) is 15.1. The average Bonchev–Trinajstić information content (AvgIpc) is 2.70. The fourth-order valence-corrected chi connectivity index (χ4v) is 4.47. The van der Waals surface area contributed by atoms with E-state index in [4.69, 9.17) is 39.6 Å². The lowest BCUT2D eigenvalue weighted by Crippen LogP contribution is -2.18. The lowest BCUT2D eigenvalue weighted by atomic mass is 10.1. The number of hydrogen-bond donors (Lipinski definition) is 0. The minimum absolute atomic E-state index is 0.00975. The fraction of sp³-hybridized carbons (Fsp3) is 0.0952. The van der Waals surface area contributed by atoms with Gasteiger partial charge >= 0.3 is 0 Å². The quantitative estimate of drug-likeness (QED) is 0.314. The summed E-state index contributed by atoms with van der Waals surface area (Å²) < 4.78 is 25.7. The van der Waals surface area contributed by atoms with Gasteiger partial charge in [-0.15, -0.1) is 0 Å². The van der Waals surface area contributed by atoms with Crippen LogP contribution >= 0.6 is 34.8 Å². The molecule has 0 aliphatic carbocycles. The van der Waals surface area contributed by atoms with Crippen LogP contribution in [0.1, 0.15) is 11.1 Å². The molecule has 3 aromatic carbocycles. The summed E-state index contributed by atoms with van der Waals surface area (Å²) in [6.07, 6.45) is 0. The Morgan fingerprint density at radius 2 is 1.45 bits per heavy atom. The monoisotopic (exact) mass is 467 g/mol. The SMILES string of the molecule is O=S(=O)(C/C(=N/OCc1c(Cl)cccc1Cl)c1ccccc1)c1ccc(Cl)cc1. The molecule has 3 aromatic rings. The minimum atomic E-state index is -3.66. The van der Waals surface area contributed by atoms with Crippen LogP contribution in [0.3, 0.4) is 0 Å². The van der Waals surface area contributed by atoms with Crippen molar-refractivity contribution < 1.29 is 13.3 Å². The number of benzene rings is 3. The summed E-state index contributed by atoms with van der Waals surface area (Å²) in [4.78, 5) is 5.58. The Morgan fingerprint density at radius 3 is 2.07 bits per heavy atom. The van der Waals surface area contributed by atoms with E-state index in [0.717, 1.165) is 0 Å². The van der Waals surface area contributed by atoms with E-state index in [1.54, 1.807) is 42.5 Å². The lowest BCUT2D eigenvalue weighted by Gasteiger charge is -2.10. The molecule has 8 heteroatoms. The number of nitrogens with zero attached hydrogens (tertiary/aromatic N) is 1. The third-order valence-electron chi connectivity index (χ3n) is 4.05. The maximum atomic E-state index is 12.8. The smallest absolute Gasteiger partial charge is 0.184 e. The highest BCUT2D eigenvalue weighted by atomic mass is 35.5. The molecule has 0 radical (unpaired) electrons. The van der Waals surface area contributed by atoms with Gasteiger partial charge in [0.15, 0.2) is 9.84 Å². The van der Waals surface area contributed by atoms with Gasteiger partial charge in [-0.05, 0) is 36.4 Å². The summed E-state index contributed by atoms with van der Waals surface area (Å²) >= 11 is 18.1. The van der Waals surface area contributed by atoms with Gasteiger partial charge in [0.25, 0.3) is 0 Å². The Labute approximate surface area is 184 Å². The lowest BCUT2D eigenvalue weighted by molar-refractivity contribution is 0.130. The van der Waals surface area contributed by atoms with E-state index >= 15 is 0 Å². The van der Waals surface area contributed by atoms with Crippen molar-refractivity contribution in [2.45, 2.75) is 11.5 Å². The zero-order chi connectivity index (χ0) is 20.9. The first kappa shape index (κ1) is 21.7. The second-order valence-electron chi connectivity index (χ2n) is 6.09. The van der Waals surface area contributed by atoms with Gasteiger partial charge in [-0.2, -0.15) is 0 Å². The summed E-state index contributed by atoms with van der Waals surface area (Å²) in [5.41, 5.74) is 1.48. The average molecular weight is 469 g/mol. The Morgan fingerprint density at radius 1 is 0.828 bits per heavy atom. The van der Waals surface area contributed by atoms with Crippen LogP contribution in [0.2, 0.25) is 15.1 Å². The minimum Gasteiger partial charge on any atom is -0.391 e. The standard InChI is InChI=1S/C21H16Cl3NO3S/c22-16-9-11-17(12-10-16)29(26,27)14-21(15-5-2-1-3-6-15)25-28-13-18-19(23)7-4-8-20(18)24/h1-12H,13-14H2/b25-21-. The van der Waals surface area contributed by atoms with Crippen molar-refractivity contribution in [1.29, 1.82) is 0 Å². The van der Waals surface area contributed by atoms with Crippen molar-refractivity contribution >= 4 is 50.4 Å². The molecular weight excluding hydrogens is 453 g/mol. The van der Waals surface area contributed by atoms with Gasteiger partial charge in [0.05, 0.1) is 4.90 Å². The van der Waals surface area contributed by atoms with Gasteiger partial charge in [0, 0.05) is 26.2 Å². The highest BCUT2D eigenvalue weighted by molar-refractivity contribution is 7.92. The number of rotatable bonds is 7. The largest absolute Gasteiger partial charge is 0.391 e. The molecule has 0 saturated carbocycles. The molecule has 0 unspecified atom stereocenters. The first-order valence-corrected chi connectivity index (χ1v) is 11.3. The van der Waals surface area contributed by atoms with Crippen LogP contribution in [0.15, 0.2) is 82.8 Å². The second-order valence-corrected chi connectivity index (χ2v) is 9.33. The third kappa shape index (κ3) is 5.73. The van der Waals surface area contributed by atoms with Crippen molar-refractivity contribution in [3.63, 3.8) is 0 Å². The van der Waals surface area contributed by atoms with E-state index in [-0.39, 0.29) is 23.0 Å². The zero-order valence-corrected chi connectivity index (χ0v) is 18.1. The van der Waals surface area contributed by atoms with Crippen LogP contribution in [0.25, 0.3) is 0 Å². The highest BCUT2D eigenvalue weighted by Crippen LogP contribution is 2.25. The predicted molar refractivity (Wildman–Crippen MR) is 118 cm³/mol. The molecule has 0 fully saturated rings. The molecule has 0 N–H and O–H groups in total. The number of oxime groups is 1. The normalized spacial score (nSPS) is 12.0. The van der Waals surface area contributed by atoms with Crippen LogP contribution in [-0.4, -0.2) is 19.9 Å². The molecule has 0 aliphatic rings. The highest BCUT2D eigenvalue weighted by Gasteiger charge is 2.20. The molecule has 0 aromatic heterocycles. The molecule has 0 bridgehead atoms. The van der Waals surface area contributed by atoms with Crippen LogP contribution in [-0.2, 0) is 21.3 Å². The topological polar surface area (TPSA) is 55.7 Å². The number of hydrogen-bond acceptors (Lipinski definition) is 4. The van der Waals surface area contributed by atoms with Gasteiger partial charge in [-0.1, -0.05) is 76.4 Å². The summed E-state index contributed by atoms with van der Waals surface area (Å²) in [6, 6.07) is 20.1. The predicted octanol–water partition coefficient (Wildman–Crippen LogP) is 6.04. The van der Waals surface area contributed by atoms with E-state index < -0.39 is 9.84 Å². The van der Waals surface area contributed by atoms with Crippen molar-refractivity contribution in [1.82, 2.24) is 0 Å². The molecule has 29 heavy (non-hydrogen) atoms. The summed E-state index contributed by atoms with van der Waals surface area (Å²) in [7, 11) is -3.66. The molecule has 0 atom stereocenters. The van der Waals surface area contributed by atoms with E-state index in [2.05, 4.69) is 5.16 Å². The van der Waals surface area contributed by atoms with Gasteiger partial charge in [0.2, 0.25) is 0 Å². The van der Waals surface area contributed by atoms with E-state index in [1.807, 2.05) is 6.07 Å². The molecule has 0 aliphatic heterocycles. The van der Waals surface area contributed by atoms with E-state index in [0.29, 0.717) is 26.2 Å². The molecule has 0 amide bonds. The van der Waals surface area contributed by atoms with Crippen LogP contribution in [0.4, 0.5) is 0 Å². The Hall–Kier alpha value is -2.05. The first-order chi connectivity index (χ1) is 13.9. The van der Waals surface area contributed by atoms with Crippen LogP contribution in [0.5, 0.6) is 0 Å². The number of halogens is 3. The molecule has 3 rings (SSSR count). The summed E-state index contributed by atoms with van der Waals surface area (Å²) in [6.45, 7) is 0.00975. The van der Waals surface area contributed by atoms with Crippen molar-refractivity contribution in [2.24, 2.45) is 5.16 Å². The molecular formula is C21H16Cl3NO3S. The van der Waals surface area contributed by atoms with Crippen LogP contribution in [0, 0.1) is 0 Å². The maximum Gasteiger partial charge on any atom is 0.184 e. The summed E-state index contributed by atoms with van der Waals surface area (Å²) in [5.74, 6) is -0.338. The molecule has 0 saturated heterocycles. The van der Waals surface area contributed by atoms with Crippen LogP contribution < -0.4 is 0 Å². The van der Waals surface area contributed by atoms with E-state index in [1.165, 1.54) is 24.3 Å². The molecule has 150 valence electrons. The second kappa shape index (κ2) is 9.63. The van der Waals surface area contributed by atoms with Crippen molar-refractivity contribution in [3.05, 3.63) is 99.0 Å². The summed E-state index contributed by atoms with van der Waals surface area (Å²) in [5, 5.41) is 5.45. The van der Waals surface area contributed by atoms with Crippen molar-refractivity contribution in [2.75, 3.05) is 5.75 Å².